The smallest absolute Gasteiger partial charge is 0.410 e. The van der Waals surface area contributed by atoms with Crippen LogP contribution in [0.2, 0.25) is 0 Å². The van der Waals surface area contributed by atoms with Crippen LogP contribution in [0.15, 0.2) is 47.3 Å². The van der Waals surface area contributed by atoms with Gasteiger partial charge in [0.15, 0.2) is 0 Å². The van der Waals surface area contributed by atoms with Crippen LogP contribution in [-0.4, -0.2) is 105 Å². The van der Waals surface area contributed by atoms with Crippen LogP contribution in [0.25, 0.3) is 11.0 Å². The van der Waals surface area contributed by atoms with E-state index in [0.717, 1.165) is 75.3 Å². The van der Waals surface area contributed by atoms with Crippen LogP contribution in [0.3, 0.4) is 0 Å². The maximum atomic E-state index is 13.7. The minimum atomic E-state index is -0.743. The van der Waals surface area contributed by atoms with Crippen molar-refractivity contribution >= 4 is 28.9 Å². The number of hydrogen-bond donors (Lipinski definition) is 0. The molecule has 3 saturated heterocycles. The molecule has 3 aliphatic rings. The summed E-state index contributed by atoms with van der Waals surface area (Å²) in [5, 5.41) is 0. The molecule has 4 heterocycles. The van der Waals surface area contributed by atoms with Gasteiger partial charge in [-0.3, -0.25) is 33.4 Å². The van der Waals surface area contributed by atoms with Crippen molar-refractivity contribution in [3.63, 3.8) is 0 Å². The summed E-state index contributed by atoms with van der Waals surface area (Å²) in [5.74, 6) is 0.119. The number of methoxy groups -OCH3 is 1. The average Bonchev–Trinajstić information content (AvgIpc) is 3.31. The fraction of sp³-hybridized carbons (Fsp3) is 0.556. The maximum Gasteiger partial charge on any atom is 0.410 e. The van der Waals surface area contributed by atoms with Crippen LogP contribution < -0.4 is 10.4 Å². The van der Waals surface area contributed by atoms with Gasteiger partial charge in [-0.1, -0.05) is 18.2 Å². The van der Waals surface area contributed by atoms with E-state index in [-0.39, 0.29) is 36.6 Å². The standard InChI is InChI=1S/C36H48N6O6/c1-36(2,3)48-35(46)40-16-14-27(15-17-40)39-20-18-38(19-21-39)23-26-8-11-29-31(22-26)37(4)34(45)42(29)30-12-13-32(43)41(33(30)44)24-25-6-9-28(47-5)10-7-25/h6-11,22,27,30H,12-21,23-24H2,1-5H3. The maximum absolute atomic E-state index is 13.7. The van der Waals surface area contributed by atoms with E-state index in [4.69, 9.17) is 9.47 Å². The molecule has 0 saturated carbocycles. The molecule has 48 heavy (non-hydrogen) atoms. The second kappa shape index (κ2) is 13.8. The molecule has 3 amide bonds. The van der Waals surface area contributed by atoms with Crippen LogP contribution >= 0.6 is 0 Å². The summed E-state index contributed by atoms with van der Waals surface area (Å²) in [6, 6.07) is 13.1. The summed E-state index contributed by atoms with van der Waals surface area (Å²) in [7, 11) is 3.33. The topological polar surface area (TPSA) is 110 Å². The molecule has 3 fully saturated rings. The lowest BCUT2D eigenvalue weighted by Crippen LogP contribution is -2.53. The Morgan fingerprint density at radius 1 is 0.833 bits per heavy atom. The number of piperazine rings is 1. The summed E-state index contributed by atoms with van der Waals surface area (Å²) in [5.41, 5.74) is 2.67. The number of aryl methyl sites for hydroxylation is 1. The molecule has 0 spiro atoms. The van der Waals surface area contributed by atoms with Crippen LogP contribution in [0.5, 0.6) is 5.75 Å². The number of aromatic nitrogens is 2. The SMILES string of the molecule is COc1ccc(CN2C(=O)CCC(n3c(=O)n(C)c4cc(CN5CCN(C6CCN(C(=O)OC(C)(C)C)CC6)CC5)ccc43)C2=O)cc1. The van der Waals surface area contributed by atoms with Gasteiger partial charge in [0, 0.05) is 65.3 Å². The molecule has 1 atom stereocenters. The summed E-state index contributed by atoms with van der Waals surface area (Å²) in [4.78, 5) is 60.7. The molecule has 258 valence electrons. The number of hydrogen-bond acceptors (Lipinski definition) is 8. The third-order valence-electron chi connectivity index (χ3n) is 9.89. The van der Waals surface area contributed by atoms with Gasteiger partial charge in [-0.25, -0.2) is 9.59 Å². The second-order valence-corrected chi connectivity index (χ2v) is 14.3. The van der Waals surface area contributed by atoms with E-state index in [9.17, 15) is 19.2 Å². The van der Waals surface area contributed by atoms with E-state index in [1.807, 2.05) is 49.9 Å². The Morgan fingerprint density at radius 3 is 2.15 bits per heavy atom. The van der Waals surface area contributed by atoms with Crippen LogP contribution in [0.4, 0.5) is 4.79 Å². The molecule has 0 bridgehead atoms. The van der Waals surface area contributed by atoms with Gasteiger partial charge in [0.05, 0.1) is 24.7 Å². The normalized spacial score (nSPS) is 20.5. The molecule has 6 rings (SSSR count). The fourth-order valence-corrected chi connectivity index (χ4v) is 7.23. The van der Waals surface area contributed by atoms with E-state index < -0.39 is 11.6 Å². The van der Waals surface area contributed by atoms with Gasteiger partial charge in [0.25, 0.3) is 5.91 Å². The minimum Gasteiger partial charge on any atom is -0.497 e. The Morgan fingerprint density at radius 2 is 1.50 bits per heavy atom. The Balaban J connectivity index is 1.08. The monoisotopic (exact) mass is 660 g/mol. The predicted molar refractivity (Wildman–Crippen MR) is 182 cm³/mol. The summed E-state index contributed by atoms with van der Waals surface area (Å²) >= 11 is 0. The summed E-state index contributed by atoms with van der Waals surface area (Å²) < 4.78 is 14.0. The lowest BCUT2D eigenvalue weighted by atomic mass is 10.0. The molecule has 1 unspecified atom stereocenters. The molecule has 1 aromatic heterocycles. The Kier molecular flexibility index (Phi) is 9.67. The first kappa shape index (κ1) is 33.7. The molecule has 0 radical (unpaired) electrons. The third kappa shape index (κ3) is 7.14. The minimum absolute atomic E-state index is 0.153. The number of piperidine rings is 2. The molecule has 12 heteroatoms. The van der Waals surface area contributed by atoms with Crippen molar-refractivity contribution in [1.82, 2.24) is 28.7 Å². The number of ether oxygens (including phenoxy) is 2. The first-order valence-electron chi connectivity index (χ1n) is 17.0. The number of nitrogens with zero attached hydrogens (tertiary/aromatic N) is 6. The van der Waals surface area contributed by atoms with Gasteiger partial charge < -0.3 is 14.4 Å². The molecule has 0 aliphatic carbocycles. The van der Waals surface area contributed by atoms with Crippen molar-refractivity contribution in [3.8, 4) is 5.75 Å². The van der Waals surface area contributed by atoms with Crippen molar-refractivity contribution in [1.29, 1.82) is 0 Å². The summed E-state index contributed by atoms with van der Waals surface area (Å²) in [6.07, 6.45) is 2.18. The number of carbonyl (C=O) groups is 3. The van der Waals surface area contributed by atoms with Crippen molar-refractivity contribution in [3.05, 3.63) is 64.1 Å². The number of rotatable bonds is 7. The van der Waals surface area contributed by atoms with Crippen LogP contribution in [0.1, 0.15) is 63.6 Å². The average molecular weight is 661 g/mol. The highest BCUT2D eigenvalue weighted by Gasteiger charge is 2.37. The van der Waals surface area contributed by atoms with E-state index in [2.05, 4.69) is 15.9 Å². The molecule has 3 aliphatic heterocycles. The second-order valence-electron chi connectivity index (χ2n) is 14.3. The third-order valence-corrected chi connectivity index (χ3v) is 9.89. The highest BCUT2D eigenvalue weighted by molar-refractivity contribution is 6.00. The van der Waals surface area contributed by atoms with Crippen molar-refractivity contribution in [2.45, 2.75) is 77.2 Å². The van der Waals surface area contributed by atoms with Crippen molar-refractivity contribution in [2.75, 3.05) is 46.4 Å². The number of likely N-dealkylation sites (tertiary alicyclic amines) is 2. The van der Waals surface area contributed by atoms with Gasteiger partial charge in [-0.2, -0.15) is 0 Å². The van der Waals surface area contributed by atoms with E-state index in [1.54, 1.807) is 35.4 Å². The van der Waals surface area contributed by atoms with E-state index >= 15 is 0 Å². The molecule has 3 aromatic rings. The zero-order valence-electron chi connectivity index (χ0n) is 28.8. The number of amides is 3. The number of imidazole rings is 1. The van der Waals surface area contributed by atoms with Crippen LogP contribution in [-0.2, 0) is 34.5 Å². The first-order valence-corrected chi connectivity index (χ1v) is 17.0. The highest BCUT2D eigenvalue weighted by Crippen LogP contribution is 2.29. The molecule has 0 N–H and O–H groups in total. The van der Waals surface area contributed by atoms with Gasteiger partial charge in [-0.15, -0.1) is 0 Å². The van der Waals surface area contributed by atoms with E-state index in [1.165, 1.54) is 4.90 Å². The van der Waals surface area contributed by atoms with Gasteiger partial charge in [0.2, 0.25) is 5.91 Å². The predicted octanol–water partition coefficient (Wildman–Crippen LogP) is 3.76. The Hall–Kier alpha value is -4.16. The van der Waals surface area contributed by atoms with Crippen LogP contribution in [0, 0.1) is 0 Å². The largest absolute Gasteiger partial charge is 0.497 e. The Labute approximate surface area is 281 Å². The van der Waals surface area contributed by atoms with Crippen molar-refractivity contribution in [2.24, 2.45) is 7.05 Å². The van der Waals surface area contributed by atoms with Gasteiger partial charge in [-0.05, 0) is 75.4 Å². The van der Waals surface area contributed by atoms with Gasteiger partial charge in [0.1, 0.15) is 17.4 Å². The van der Waals surface area contributed by atoms with Crippen molar-refractivity contribution < 1.29 is 23.9 Å². The zero-order valence-corrected chi connectivity index (χ0v) is 28.8. The molecule has 12 nitrogen and oxygen atoms in total. The summed E-state index contributed by atoms with van der Waals surface area (Å²) in [6.45, 7) is 11.9. The molecular weight excluding hydrogens is 612 g/mol. The molecular formula is C36H48N6O6. The lowest BCUT2D eigenvalue weighted by molar-refractivity contribution is -0.151. The molecule has 2 aromatic carbocycles. The number of imide groups is 1. The first-order chi connectivity index (χ1) is 22.9. The van der Waals surface area contributed by atoms with E-state index in [0.29, 0.717) is 23.7 Å². The zero-order chi connectivity index (χ0) is 34.2. The number of benzene rings is 2. The number of carbonyl (C=O) groups excluding carboxylic acids is 3. The number of fused-ring (bicyclic) bond motifs is 1. The quantitative estimate of drug-likeness (QED) is 0.353. The Bertz CT molecular complexity index is 1710. The van der Waals surface area contributed by atoms with Gasteiger partial charge >= 0.3 is 11.8 Å². The lowest BCUT2D eigenvalue weighted by Gasteiger charge is -2.42. The fourth-order valence-electron chi connectivity index (χ4n) is 7.23. The highest BCUT2D eigenvalue weighted by atomic mass is 16.6.